The Morgan fingerprint density at radius 2 is 0.923 bits per heavy atom. The molecule has 0 amide bonds. The molecule has 8 bridgehead atoms. The number of hydrogen-bond acceptors (Lipinski definition) is 4. The van der Waals surface area contributed by atoms with Crippen LogP contribution in [-0.2, 0) is 12.8 Å². The molecule has 5 heteroatoms. The minimum atomic E-state index is 0.584. The van der Waals surface area contributed by atoms with Gasteiger partial charge in [0.15, 0.2) is 0 Å². The second-order valence-electron chi connectivity index (χ2n) is 13.4. The SMILES string of the molecule is Nc1cc2[nH]c(cc2-c2ccccc2)c2nc(c(N)cc3c(-c4ccccc4)cc(c4nc1C(c1ccccc1)=C4)CCC3)C(c1ccccc1)=C2. The van der Waals surface area contributed by atoms with Crippen LogP contribution in [0.25, 0.3) is 56.6 Å². The van der Waals surface area contributed by atoms with Crippen molar-refractivity contribution in [3.05, 3.63) is 191 Å². The molecular formula is C47H37N5. The standard InChI is InChI=1S/C47H37N5/c48-40-25-34-22-13-23-35(24-36(34)30-14-5-1-6-15-30)42-27-38(32-18-9-3-10-19-32)47(51-42)41(49)29-43-37(31-16-7-2-8-17-31)26-44(50-43)45-28-39(46(40)52-45)33-20-11-4-12-21-33/h1-12,14-21,24-29,50H,13,22-23,48-49H2. The predicted octanol–water partition coefficient (Wildman–Crippen LogP) is 10.6. The summed E-state index contributed by atoms with van der Waals surface area (Å²) < 4.78 is 0. The van der Waals surface area contributed by atoms with E-state index in [1.165, 1.54) is 11.1 Å². The fourth-order valence-electron chi connectivity index (χ4n) is 7.49. The molecule has 6 aromatic rings. The molecular weight excluding hydrogens is 635 g/mol. The summed E-state index contributed by atoms with van der Waals surface area (Å²) in [5.41, 5.74) is 31.4. The number of nitrogens with two attached hydrogens (primary N) is 2. The first kappa shape index (κ1) is 31.3. The zero-order valence-corrected chi connectivity index (χ0v) is 28.7. The van der Waals surface area contributed by atoms with Crippen molar-refractivity contribution < 1.29 is 0 Å². The summed E-state index contributed by atoms with van der Waals surface area (Å²) in [6.45, 7) is 0. The Bertz CT molecular complexity index is 2590. The Balaban J connectivity index is 1.43. The van der Waals surface area contributed by atoms with Gasteiger partial charge in [-0.05, 0) is 94.6 Å². The maximum absolute atomic E-state index is 7.13. The summed E-state index contributed by atoms with van der Waals surface area (Å²) >= 11 is 0. The van der Waals surface area contributed by atoms with Crippen molar-refractivity contribution in [3.63, 3.8) is 0 Å². The lowest BCUT2D eigenvalue weighted by Crippen LogP contribution is -1.96. The Kier molecular flexibility index (Phi) is 7.94. The second kappa shape index (κ2) is 13.2. The van der Waals surface area contributed by atoms with Gasteiger partial charge in [0.1, 0.15) is 0 Å². The van der Waals surface area contributed by atoms with E-state index in [1.54, 1.807) is 0 Å². The number of aryl methyl sites for hydroxylation is 2. The summed E-state index contributed by atoms with van der Waals surface area (Å²) in [5.74, 6) is 0. The van der Waals surface area contributed by atoms with Gasteiger partial charge in [-0.2, -0.15) is 0 Å². The topological polar surface area (TPSA) is 93.6 Å². The summed E-state index contributed by atoms with van der Waals surface area (Å²) in [6, 6.07) is 50.3. The number of nitrogens with one attached hydrogen (secondary N) is 1. The minimum absolute atomic E-state index is 0.584. The highest BCUT2D eigenvalue weighted by Crippen LogP contribution is 2.39. The van der Waals surface area contributed by atoms with Gasteiger partial charge in [-0.25, -0.2) is 9.97 Å². The molecule has 0 spiro atoms. The van der Waals surface area contributed by atoms with Gasteiger partial charge in [0.25, 0.3) is 0 Å². The highest BCUT2D eigenvalue weighted by atomic mass is 14.8. The van der Waals surface area contributed by atoms with Crippen molar-refractivity contribution in [1.82, 2.24) is 15.0 Å². The monoisotopic (exact) mass is 671 g/mol. The van der Waals surface area contributed by atoms with Gasteiger partial charge in [-0.3, -0.25) is 0 Å². The number of rotatable bonds is 4. The Morgan fingerprint density at radius 3 is 1.52 bits per heavy atom. The van der Waals surface area contributed by atoms with Crippen LogP contribution in [0.5, 0.6) is 0 Å². The molecule has 0 fully saturated rings. The zero-order valence-electron chi connectivity index (χ0n) is 28.7. The fourth-order valence-corrected chi connectivity index (χ4v) is 7.49. The number of anilines is 2. The Hall–Kier alpha value is -6.72. The molecule has 2 aromatic heterocycles. The van der Waals surface area contributed by atoms with Crippen LogP contribution in [0.2, 0.25) is 0 Å². The van der Waals surface area contributed by atoms with E-state index in [9.17, 15) is 0 Å². The van der Waals surface area contributed by atoms with Gasteiger partial charge in [0, 0.05) is 22.2 Å². The number of nitrogen functional groups attached to an aromatic ring is 2. The molecule has 4 aromatic carbocycles. The van der Waals surface area contributed by atoms with Crippen LogP contribution >= 0.6 is 0 Å². The van der Waals surface area contributed by atoms with Crippen LogP contribution in [0.4, 0.5) is 11.4 Å². The van der Waals surface area contributed by atoms with Crippen molar-refractivity contribution in [2.45, 2.75) is 19.3 Å². The van der Waals surface area contributed by atoms with E-state index in [1.807, 2.05) is 24.3 Å². The first-order chi connectivity index (χ1) is 25.6. The van der Waals surface area contributed by atoms with E-state index < -0.39 is 0 Å². The lowest BCUT2D eigenvalue weighted by atomic mass is 9.98. The second-order valence-corrected chi connectivity index (χ2v) is 13.4. The molecule has 250 valence electrons. The first-order valence-corrected chi connectivity index (χ1v) is 17.8. The van der Waals surface area contributed by atoms with Gasteiger partial charge in [0.2, 0.25) is 0 Å². The van der Waals surface area contributed by atoms with E-state index in [-0.39, 0.29) is 0 Å². The van der Waals surface area contributed by atoms with E-state index in [0.29, 0.717) is 11.4 Å². The smallest absolute Gasteiger partial charge is 0.0946 e. The molecule has 52 heavy (non-hydrogen) atoms. The van der Waals surface area contributed by atoms with Crippen molar-refractivity contribution in [3.8, 4) is 22.3 Å². The Labute approximate surface area is 303 Å². The van der Waals surface area contributed by atoms with Crippen LogP contribution in [-0.4, -0.2) is 15.0 Å². The summed E-state index contributed by atoms with van der Waals surface area (Å²) in [7, 11) is 0. The van der Waals surface area contributed by atoms with Crippen LogP contribution in [0, 0.1) is 0 Å². The molecule has 9 rings (SSSR count). The highest BCUT2D eigenvalue weighted by Gasteiger charge is 2.21. The van der Waals surface area contributed by atoms with Crippen LogP contribution in [0.1, 0.15) is 51.5 Å². The normalized spacial score (nSPS) is 13.2. The molecule has 4 heterocycles. The highest BCUT2D eigenvalue weighted by molar-refractivity contribution is 6.00. The molecule has 3 aliphatic rings. The van der Waals surface area contributed by atoms with E-state index in [0.717, 1.165) is 97.6 Å². The third-order valence-corrected chi connectivity index (χ3v) is 10.1. The number of nitrogens with zero attached hydrogens (tertiary/aromatic N) is 2. The predicted molar refractivity (Wildman–Crippen MR) is 217 cm³/mol. The van der Waals surface area contributed by atoms with Crippen molar-refractivity contribution in [1.29, 1.82) is 0 Å². The van der Waals surface area contributed by atoms with Gasteiger partial charge in [0.05, 0.1) is 39.7 Å². The number of aromatic nitrogens is 3. The maximum atomic E-state index is 7.13. The van der Waals surface area contributed by atoms with E-state index in [4.69, 9.17) is 21.4 Å². The molecule has 0 unspecified atom stereocenters. The van der Waals surface area contributed by atoms with Crippen LogP contribution < -0.4 is 11.5 Å². The van der Waals surface area contributed by atoms with Crippen molar-refractivity contribution in [2.24, 2.45) is 0 Å². The average molecular weight is 672 g/mol. The van der Waals surface area contributed by atoms with Gasteiger partial charge in [-0.15, -0.1) is 0 Å². The maximum Gasteiger partial charge on any atom is 0.0946 e. The number of H-pyrrole nitrogens is 1. The molecule has 0 radical (unpaired) electrons. The third-order valence-electron chi connectivity index (χ3n) is 10.1. The van der Waals surface area contributed by atoms with Crippen LogP contribution in [0.3, 0.4) is 0 Å². The molecule has 2 aliphatic heterocycles. The van der Waals surface area contributed by atoms with Gasteiger partial charge in [-0.1, -0.05) is 121 Å². The van der Waals surface area contributed by atoms with Crippen molar-refractivity contribution >= 4 is 45.7 Å². The third kappa shape index (κ3) is 5.82. The molecule has 0 atom stereocenters. The van der Waals surface area contributed by atoms with Crippen molar-refractivity contribution in [2.75, 3.05) is 11.5 Å². The minimum Gasteiger partial charge on any atom is -0.397 e. The largest absolute Gasteiger partial charge is 0.397 e. The average Bonchev–Trinajstić information content (AvgIpc) is 3.91. The summed E-state index contributed by atoms with van der Waals surface area (Å²) in [6.07, 6.45) is 7.03. The molecule has 5 nitrogen and oxygen atoms in total. The fraction of sp³-hybridized carbons (Fsp3) is 0.0638. The number of fused-ring (bicyclic) bond motifs is 11. The number of hydrogen-bond donors (Lipinski definition) is 3. The lowest BCUT2D eigenvalue weighted by molar-refractivity contribution is 0.829. The lowest BCUT2D eigenvalue weighted by Gasteiger charge is -2.08. The summed E-state index contributed by atoms with van der Waals surface area (Å²) in [5, 5.41) is 0. The number of benzene rings is 4. The molecule has 1 aliphatic carbocycles. The summed E-state index contributed by atoms with van der Waals surface area (Å²) in [4.78, 5) is 14.3. The molecule has 5 N–H and O–H groups in total. The van der Waals surface area contributed by atoms with Gasteiger partial charge >= 0.3 is 0 Å². The molecule has 0 saturated heterocycles. The number of aromatic amines is 1. The molecule has 0 saturated carbocycles. The Morgan fingerprint density at radius 1 is 0.442 bits per heavy atom. The quantitative estimate of drug-likeness (QED) is 0.174. The van der Waals surface area contributed by atoms with Gasteiger partial charge < -0.3 is 16.5 Å². The van der Waals surface area contributed by atoms with Crippen LogP contribution in [0.15, 0.2) is 146 Å². The zero-order chi connectivity index (χ0) is 35.0. The van der Waals surface area contributed by atoms with E-state index in [2.05, 4.69) is 138 Å². The van der Waals surface area contributed by atoms with E-state index >= 15 is 0 Å². The first-order valence-electron chi connectivity index (χ1n) is 17.8.